The van der Waals surface area contributed by atoms with Gasteiger partial charge < -0.3 is 10.1 Å². The molecule has 2 aliphatic rings. The maximum atomic E-state index is 5.31. The smallest absolute Gasteiger partial charge is 0.119 e. The van der Waals surface area contributed by atoms with Gasteiger partial charge in [-0.1, -0.05) is 12.1 Å². The minimum atomic E-state index is 0.376. The van der Waals surface area contributed by atoms with Crippen LogP contribution in [-0.4, -0.2) is 36.7 Å². The summed E-state index contributed by atoms with van der Waals surface area (Å²) in [7, 11) is 1.73. The fourth-order valence-electron chi connectivity index (χ4n) is 3.45. The molecular formula is C17H26N2O. The van der Waals surface area contributed by atoms with Crippen LogP contribution in [0.2, 0.25) is 0 Å². The first-order chi connectivity index (χ1) is 9.67. The zero-order valence-electron chi connectivity index (χ0n) is 12.8. The third-order valence-corrected chi connectivity index (χ3v) is 4.72. The van der Waals surface area contributed by atoms with Crippen molar-refractivity contribution in [3.63, 3.8) is 0 Å². The van der Waals surface area contributed by atoms with Crippen LogP contribution in [0.25, 0.3) is 0 Å². The van der Waals surface area contributed by atoms with Crippen LogP contribution in [0.5, 0.6) is 5.75 Å². The quantitative estimate of drug-likeness (QED) is 0.893. The molecule has 110 valence electrons. The molecule has 0 radical (unpaired) electrons. The van der Waals surface area contributed by atoms with Crippen LogP contribution in [0, 0.1) is 0 Å². The van der Waals surface area contributed by atoms with Crippen molar-refractivity contribution in [1.82, 2.24) is 10.2 Å². The van der Waals surface area contributed by atoms with Crippen molar-refractivity contribution in [2.45, 2.75) is 57.3 Å². The Labute approximate surface area is 122 Å². The minimum absolute atomic E-state index is 0.376. The lowest BCUT2D eigenvalue weighted by Crippen LogP contribution is -2.35. The van der Waals surface area contributed by atoms with Crippen LogP contribution in [-0.2, 0) is 0 Å². The number of nitrogens with zero attached hydrogens (tertiary/aromatic N) is 1. The zero-order valence-corrected chi connectivity index (χ0v) is 12.8. The number of hydrogen-bond donors (Lipinski definition) is 1. The first-order valence-corrected chi connectivity index (χ1v) is 7.83. The predicted octanol–water partition coefficient (Wildman–Crippen LogP) is 2.97. The van der Waals surface area contributed by atoms with Gasteiger partial charge in [0.05, 0.1) is 7.11 Å². The molecule has 1 saturated carbocycles. The van der Waals surface area contributed by atoms with Crippen molar-refractivity contribution in [2.24, 2.45) is 0 Å². The van der Waals surface area contributed by atoms with E-state index in [9.17, 15) is 0 Å². The highest BCUT2D eigenvalue weighted by atomic mass is 16.5. The molecule has 3 heteroatoms. The van der Waals surface area contributed by atoms with E-state index in [1.165, 1.54) is 31.4 Å². The molecule has 2 unspecified atom stereocenters. The molecule has 3 rings (SSSR count). The van der Waals surface area contributed by atoms with Crippen molar-refractivity contribution < 1.29 is 4.74 Å². The van der Waals surface area contributed by atoms with Crippen LogP contribution < -0.4 is 10.1 Å². The number of nitrogens with one attached hydrogen (secondary N) is 1. The van der Waals surface area contributed by atoms with E-state index in [1.807, 2.05) is 6.07 Å². The van der Waals surface area contributed by atoms with Gasteiger partial charge in [-0.2, -0.15) is 0 Å². The number of hydrogen-bond acceptors (Lipinski definition) is 3. The summed E-state index contributed by atoms with van der Waals surface area (Å²) in [4.78, 5) is 2.69. The highest BCUT2D eigenvalue weighted by molar-refractivity contribution is 5.30. The van der Waals surface area contributed by atoms with E-state index in [0.29, 0.717) is 12.1 Å². The van der Waals surface area contributed by atoms with E-state index in [0.717, 1.165) is 17.8 Å². The van der Waals surface area contributed by atoms with Gasteiger partial charge in [-0.05, 0) is 50.8 Å². The average molecular weight is 274 g/mol. The van der Waals surface area contributed by atoms with Crippen molar-refractivity contribution >= 4 is 0 Å². The fraction of sp³-hybridized carbons (Fsp3) is 0.647. The summed E-state index contributed by atoms with van der Waals surface area (Å²) in [5, 5.41) is 3.79. The van der Waals surface area contributed by atoms with E-state index in [4.69, 9.17) is 4.74 Å². The van der Waals surface area contributed by atoms with Crippen LogP contribution >= 0.6 is 0 Å². The lowest BCUT2D eigenvalue weighted by molar-refractivity contribution is 0.254. The van der Waals surface area contributed by atoms with E-state index >= 15 is 0 Å². The summed E-state index contributed by atoms with van der Waals surface area (Å²) in [5.41, 5.74) is 1.31. The monoisotopic (exact) mass is 274 g/mol. The Morgan fingerprint density at radius 2 is 2.15 bits per heavy atom. The van der Waals surface area contributed by atoms with Gasteiger partial charge in [0.2, 0.25) is 0 Å². The Morgan fingerprint density at radius 1 is 1.35 bits per heavy atom. The number of rotatable bonds is 5. The number of likely N-dealkylation sites (tertiary alicyclic amines) is 1. The molecule has 2 fully saturated rings. The lowest BCUT2D eigenvalue weighted by atomic mass is 10.1. The van der Waals surface area contributed by atoms with Gasteiger partial charge in [0.25, 0.3) is 0 Å². The van der Waals surface area contributed by atoms with Crippen molar-refractivity contribution in [1.29, 1.82) is 0 Å². The summed E-state index contributed by atoms with van der Waals surface area (Å²) in [5.74, 6) is 0.940. The molecule has 0 spiro atoms. The number of ether oxygens (including phenoxy) is 1. The molecule has 1 aliphatic heterocycles. The first kappa shape index (κ1) is 13.9. The average Bonchev–Trinajstić information content (AvgIpc) is 3.23. The van der Waals surface area contributed by atoms with E-state index in [1.54, 1.807) is 7.11 Å². The minimum Gasteiger partial charge on any atom is -0.497 e. The van der Waals surface area contributed by atoms with Crippen LogP contribution in [0.3, 0.4) is 0 Å². The maximum Gasteiger partial charge on any atom is 0.119 e. The van der Waals surface area contributed by atoms with E-state index in [-0.39, 0.29) is 0 Å². The highest BCUT2D eigenvalue weighted by Gasteiger charge is 2.38. The second-order valence-corrected chi connectivity index (χ2v) is 6.37. The normalized spacial score (nSPS) is 28.6. The molecule has 1 heterocycles. The van der Waals surface area contributed by atoms with Crippen LogP contribution in [0.4, 0.5) is 0 Å². The SMILES string of the molecule is COc1cccc([C@@H](C)NC2CC(C)N(C3CC3)C2)c1. The predicted molar refractivity (Wildman–Crippen MR) is 82.1 cm³/mol. The molecule has 3 nitrogen and oxygen atoms in total. The molecule has 1 aliphatic carbocycles. The summed E-state index contributed by atoms with van der Waals surface area (Å²) in [6.45, 7) is 5.83. The van der Waals surface area contributed by atoms with Gasteiger partial charge in [-0.3, -0.25) is 4.90 Å². The van der Waals surface area contributed by atoms with Gasteiger partial charge >= 0.3 is 0 Å². The highest BCUT2D eigenvalue weighted by Crippen LogP contribution is 2.33. The molecule has 3 atom stereocenters. The van der Waals surface area contributed by atoms with Crippen molar-refractivity contribution in [3.05, 3.63) is 29.8 Å². The third-order valence-electron chi connectivity index (χ3n) is 4.72. The maximum absolute atomic E-state index is 5.31. The second kappa shape index (κ2) is 5.74. The first-order valence-electron chi connectivity index (χ1n) is 7.83. The van der Waals surface area contributed by atoms with Gasteiger partial charge in [-0.25, -0.2) is 0 Å². The van der Waals surface area contributed by atoms with Crippen molar-refractivity contribution in [2.75, 3.05) is 13.7 Å². The fourth-order valence-corrected chi connectivity index (χ4v) is 3.45. The zero-order chi connectivity index (χ0) is 14.1. The van der Waals surface area contributed by atoms with Crippen LogP contribution in [0.1, 0.15) is 44.7 Å². The molecule has 1 N–H and O–H groups in total. The number of benzene rings is 1. The van der Waals surface area contributed by atoms with E-state index < -0.39 is 0 Å². The molecule has 1 saturated heterocycles. The Hall–Kier alpha value is -1.06. The Kier molecular flexibility index (Phi) is 3.99. The summed E-state index contributed by atoms with van der Waals surface area (Å²) in [6, 6.07) is 11.0. The van der Waals surface area contributed by atoms with Gasteiger partial charge in [-0.15, -0.1) is 0 Å². The molecule has 1 aromatic rings. The Balaban J connectivity index is 1.59. The Morgan fingerprint density at radius 3 is 2.85 bits per heavy atom. The summed E-state index contributed by atoms with van der Waals surface area (Å²) < 4.78 is 5.31. The van der Waals surface area contributed by atoms with Gasteiger partial charge in [0.1, 0.15) is 5.75 Å². The molecular weight excluding hydrogens is 248 g/mol. The molecule has 0 amide bonds. The number of methoxy groups -OCH3 is 1. The van der Waals surface area contributed by atoms with Crippen molar-refractivity contribution in [3.8, 4) is 5.75 Å². The second-order valence-electron chi connectivity index (χ2n) is 6.37. The molecule has 20 heavy (non-hydrogen) atoms. The summed E-state index contributed by atoms with van der Waals surface area (Å²) >= 11 is 0. The standard InChI is InChI=1S/C17H26N2O/c1-12-9-15(11-19(12)16-7-8-16)18-13(2)14-5-4-6-17(10-14)20-3/h4-6,10,12-13,15-16,18H,7-9,11H2,1-3H3/t12?,13-,15?/m1/s1. The summed E-state index contributed by atoms with van der Waals surface area (Å²) in [6.07, 6.45) is 4.08. The Bertz CT molecular complexity index is 458. The van der Waals surface area contributed by atoms with Gasteiger partial charge in [0, 0.05) is 30.7 Å². The molecule has 1 aromatic carbocycles. The molecule has 0 bridgehead atoms. The molecule has 0 aromatic heterocycles. The largest absolute Gasteiger partial charge is 0.497 e. The lowest BCUT2D eigenvalue weighted by Gasteiger charge is -2.21. The topological polar surface area (TPSA) is 24.5 Å². The third kappa shape index (κ3) is 2.99. The van der Waals surface area contributed by atoms with E-state index in [2.05, 4.69) is 42.3 Å². The van der Waals surface area contributed by atoms with Crippen LogP contribution in [0.15, 0.2) is 24.3 Å². The van der Waals surface area contributed by atoms with Gasteiger partial charge in [0.15, 0.2) is 0 Å².